The van der Waals surface area contributed by atoms with E-state index in [0.29, 0.717) is 36.1 Å². The topological polar surface area (TPSA) is 84.4 Å². The molecule has 0 radical (unpaired) electrons. The second-order valence-electron chi connectivity index (χ2n) is 5.97. The number of aromatic nitrogens is 2. The number of ether oxygens (including phenoxy) is 1. The summed E-state index contributed by atoms with van der Waals surface area (Å²) in [6.45, 7) is 4.88. The number of pyridine rings is 2. The third kappa shape index (κ3) is 4.32. The normalized spacial score (nSPS) is 16.7. The van der Waals surface area contributed by atoms with Crippen LogP contribution in [0.2, 0.25) is 5.15 Å². The van der Waals surface area contributed by atoms with E-state index in [4.69, 9.17) is 16.3 Å². The van der Waals surface area contributed by atoms with E-state index in [1.807, 2.05) is 6.07 Å². The van der Waals surface area contributed by atoms with E-state index in [2.05, 4.69) is 21.9 Å². The second kappa shape index (κ2) is 8.28. The van der Waals surface area contributed by atoms with Crippen molar-refractivity contribution < 1.29 is 14.3 Å². The summed E-state index contributed by atoms with van der Waals surface area (Å²) in [6.07, 6.45) is 2.52. The molecule has 0 bridgehead atoms. The number of hydrogen-bond acceptors (Lipinski definition) is 5. The Bertz CT molecular complexity index is 887. The van der Waals surface area contributed by atoms with Gasteiger partial charge in [0.2, 0.25) is 5.91 Å². The summed E-state index contributed by atoms with van der Waals surface area (Å²) in [5, 5.41) is 2.84. The van der Waals surface area contributed by atoms with Crippen molar-refractivity contribution in [1.82, 2.24) is 20.2 Å². The molecule has 3 rings (SSSR count). The van der Waals surface area contributed by atoms with Gasteiger partial charge in [-0.05, 0) is 35.9 Å². The van der Waals surface area contributed by atoms with Crippen molar-refractivity contribution >= 4 is 23.4 Å². The number of morpholine rings is 1. The Balaban J connectivity index is 1.92. The van der Waals surface area contributed by atoms with Gasteiger partial charge in [-0.25, -0.2) is 4.98 Å². The number of amides is 2. The van der Waals surface area contributed by atoms with Crippen LogP contribution in [0.5, 0.6) is 0 Å². The number of nitrogens with one attached hydrogen (secondary N) is 1. The van der Waals surface area contributed by atoms with Crippen LogP contribution in [0.15, 0.2) is 43.1 Å². The molecule has 0 aliphatic carbocycles. The van der Waals surface area contributed by atoms with Gasteiger partial charge in [0.05, 0.1) is 18.8 Å². The summed E-state index contributed by atoms with van der Waals surface area (Å²) < 4.78 is 5.82. The monoisotopic (exact) mass is 386 g/mol. The Hall–Kier alpha value is -2.77. The van der Waals surface area contributed by atoms with Crippen LogP contribution in [0.3, 0.4) is 0 Å². The molecular formula is C19H19ClN4O3. The predicted molar refractivity (Wildman–Crippen MR) is 101 cm³/mol. The molecule has 2 aromatic rings. The minimum Gasteiger partial charge on any atom is -0.370 e. The summed E-state index contributed by atoms with van der Waals surface area (Å²) in [4.78, 5) is 33.8. The molecule has 1 N–H and O–H groups in total. The van der Waals surface area contributed by atoms with Gasteiger partial charge in [0.15, 0.2) is 0 Å². The molecule has 3 heterocycles. The molecule has 2 aromatic heterocycles. The number of hydrogen-bond donors (Lipinski definition) is 1. The van der Waals surface area contributed by atoms with Gasteiger partial charge in [0.25, 0.3) is 5.91 Å². The maximum atomic E-state index is 11.9. The van der Waals surface area contributed by atoms with Crippen LogP contribution in [-0.4, -0.2) is 53.4 Å². The highest BCUT2D eigenvalue weighted by atomic mass is 35.5. The molecule has 1 atom stereocenters. The standard InChI is InChI=1S/C19H19ClN4O3/c1-3-18(25)24-6-7-27-16(11-24)13-9-14(23-17(20)10-13)12-4-5-22-15(8-12)19(26)21-2/h3-5,8-10,16H,1,6-7,11H2,2H3,(H,21,26)/t16-/m1/s1. The SMILES string of the molecule is C=CC(=O)N1CCO[C@@H](c2cc(Cl)nc(-c3ccnc(C(=O)NC)c3)c2)C1. The zero-order valence-corrected chi connectivity index (χ0v) is 15.6. The minimum absolute atomic E-state index is 0.131. The number of carbonyl (C=O) groups excluding carboxylic acids is 2. The Kier molecular flexibility index (Phi) is 5.83. The average Bonchev–Trinajstić information content (AvgIpc) is 2.72. The van der Waals surface area contributed by atoms with E-state index >= 15 is 0 Å². The van der Waals surface area contributed by atoms with E-state index in [1.165, 1.54) is 6.08 Å². The maximum absolute atomic E-state index is 11.9. The van der Waals surface area contributed by atoms with Crippen LogP contribution in [0, 0.1) is 0 Å². The second-order valence-corrected chi connectivity index (χ2v) is 6.35. The lowest BCUT2D eigenvalue weighted by Gasteiger charge is -2.32. The van der Waals surface area contributed by atoms with Crippen LogP contribution in [0.1, 0.15) is 22.2 Å². The van der Waals surface area contributed by atoms with Gasteiger partial charge in [-0.2, -0.15) is 0 Å². The Morgan fingerprint density at radius 1 is 1.41 bits per heavy atom. The van der Waals surface area contributed by atoms with Gasteiger partial charge >= 0.3 is 0 Å². The van der Waals surface area contributed by atoms with Gasteiger partial charge < -0.3 is 15.0 Å². The van der Waals surface area contributed by atoms with Crippen molar-refractivity contribution in [3.8, 4) is 11.3 Å². The first-order chi connectivity index (χ1) is 13.0. The Morgan fingerprint density at radius 2 is 2.22 bits per heavy atom. The van der Waals surface area contributed by atoms with Crippen molar-refractivity contribution in [3.63, 3.8) is 0 Å². The highest BCUT2D eigenvalue weighted by Crippen LogP contribution is 2.28. The van der Waals surface area contributed by atoms with Crippen molar-refractivity contribution in [2.45, 2.75) is 6.10 Å². The molecule has 27 heavy (non-hydrogen) atoms. The molecule has 0 spiro atoms. The molecule has 1 fully saturated rings. The quantitative estimate of drug-likeness (QED) is 0.643. The summed E-state index contributed by atoms with van der Waals surface area (Å²) in [5.41, 5.74) is 2.41. The smallest absolute Gasteiger partial charge is 0.269 e. The number of halogens is 1. The number of nitrogens with zero attached hydrogens (tertiary/aromatic N) is 3. The fourth-order valence-electron chi connectivity index (χ4n) is 2.87. The van der Waals surface area contributed by atoms with Crippen molar-refractivity contribution in [2.24, 2.45) is 0 Å². The summed E-state index contributed by atoms with van der Waals surface area (Å²) in [6, 6.07) is 6.97. The molecule has 0 saturated carbocycles. The molecular weight excluding hydrogens is 368 g/mol. The van der Waals surface area contributed by atoms with Crippen LogP contribution in [-0.2, 0) is 9.53 Å². The predicted octanol–water partition coefficient (Wildman–Crippen LogP) is 2.24. The van der Waals surface area contributed by atoms with Crippen LogP contribution in [0.25, 0.3) is 11.3 Å². The highest BCUT2D eigenvalue weighted by Gasteiger charge is 2.25. The van der Waals surface area contributed by atoms with Crippen LogP contribution >= 0.6 is 11.6 Å². The summed E-state index contributed by atoms with van der Waals surface area (Å²) in [5.74, 6) is -0.415. The average molecular weight is 387 g/mol. The van der Waals surface area contributed by atoms with Gasteiger partial charge in [-0.15, -0.1) is 0 Å². The lowest BCUT2D eigenvalue weighted by molar-refractivity contribution is -0.133. The summed E-state index contributed by atoms with van der Waals surface area (Å²) in [7, 11) is 1.54. The maximum Gasteiger partial charge on any atom is 0.269 e. The highest BCUT2D eigenvalue weighted by molar-refractivity contribution is 6.29. The Morgan fingerprint density at radius 3 is 2.96 bits per heavy atom. The first-order valence-electron chi connectivity index (χ1n) is 8.40. The zero-order valence-electron chi connectivity index (χ0n) is 14.8. The molecule has 7 nitrogen and oxygen atoms in total. The molecule has 1 saturated heterocycles. The van der Waals surface area contributed by atoms with Crippen LogP contribution in [0.4, 0.5) is 0 Å². The van der Waals surface area contributed by atoms with Gasteiger partial charge in [0.1, 0.15) is 17.0 Å². The number of rotatable bonds is 4. The fourth-order valence-corrected chi connectivity index (χ4v) is 3.09. The van der Waals surface area contributed by atoms with Crippen molar-refractivity contribution in [2.75, 3.05) is 26.7 Å². The lowest BCUT2D eigenvalue weighted by atomic mass is 10.0. The fraction of sp³-hybridized carbons (Fsp3) is 0.263. The van der Waals surface area contributed by atoms with E-state index in [1.54, 1.807) is 36.3 Å². The van der Waals surface area contributed by atoms with Crippen molar-refractivity contribution in [1.29, 1.82) is 0 Å². The molecule has 1 aliphatic rings. The van der Waals surface area contributed by atoms with Gasteiger partial charge in [0, 0.05) is 25.4 Å². The Labute approximate surface area is 162 Å². The van der Waals surface area contributed by atoms with E-state index in [-0.39, 0.29) is 23.6 Å². The molecule has 2 amide bonds. The molecule has 0 aromatic carbocycles. The van der Waals surface area contributed by atoms with E-state index in [9.17, 15) is 9.59 Å². The van der Waals surface area contributed by atoms with E-state index < -0.39 is 0 Å². The molecule has 1 aliphatic heterocycles. The summed E-state index contributed by atoms with van der Waals surface area (Å²) >= 11 is 6.22. The molecule has 140 valence electrons. The molecule has 0 unspecified atom stereocenters. The van der Waals surface area contributed by atoms with Crippen molar-refractivity contribution in [3.05, 3.63) is 59.5 Å². The van der Waals surface area contributed by atoms with Gasteiger partial charge in [-0.1, -0.05) is 18.2 Å². The molecule has 8 heteroatoms. The first-order valence-corrected chi connectivity index (χ1v) is 8.78. The lowest BCUT2D eigenvalue weighted by Crippen LogP contribution is -2.41. The largest absolute Gasteiger partial charge is 0.370 e. The third-order valence-corrected chi connectivity index (χ3v) is 4.45. The zero-order chi connectivity index (χ0) is 19.4. The number of carbonyl (C=O) groups is 2. The van der Waals surface area contributed by atoms with Crippen LogP contribution < -0.4 is 5.32 Å². The third-order valence-electron chi connectivity index (χ3n) is 4.26. The van der Waals surface area contributed by atoms with Gasteiger partial charge in [-0.3, -0.25) is 14.6 Å². The minimum atomic E-state index is -0.317. The van der Waals surface area contributed by atoms with E-state index in [0.717, 1.165) is 5.56 Å². The first kappa shape index (κ1) is 19.0.